The number of aromatic nitrogens is 3. The van der Waals surface area contributed by atoms with E-state index in [1.165, 1.54) is 6.26 Å². The number of aryl methyl sites for hydroxylation is 1. The monoisotopic (exact) mass is 301 g/mol. The predicted octanol–water partition coefficient (Wildman–Crippen LogP) is 3.67. The molecule has 3 aromatic rings. The van der Waals surface area contributed by atoms with Crippen LogP contribution in [0, 0.1) is 6.92 Å². The van der Waals surface area contributed by atoms with Crippen molar-refractivity contribution in [2.24, 2.45) is 0 Å². The Morgan fingerprint density at radius 2 is 2.10 bits per heavy atom. The van der Waals surface area contributed by atoms with E-state index in [-0.39, 0.29) is 6.61 Å². The Balaban J connectivity index is 1.91. The first kappa shape index (κ1) is 13.6. The van der Waals surface area contributed by atoms with Gasteiger partial charge in [0.05, 0.1) is 23.8 Å². The fourth-order valence-corrected chi connectivity index (χ4v) is 1.98. The minimum absolute atomic E-state index is 0.222. The summed E-state index contributed by atoms with van der Waals surface area (Å²) < 4.78 is 10.9. The van der Waals surface area contributed by atoms with Gasteiger partial charge < -0.3 is 9.15 Å². The average Bonchev–Trinajstić information content (AvgIpc) is 3.00. The van der Waals surface area contributed by atoms with Gasteiger partial charge in [-0.2, -0.15) is 0 Å². The van der Waals surface area contributed by atoms with Crippen LogP contribution in [0.3, 0.4) is 0 Å². The SMILES string of the molecule is Cc1cnc(-c2ccc(Cl)cc2OCc2ncco2)cn1. The summed E-state index contributed by atoms with van der Waals surface area (Å²) in [5.74, 6) is 1.11. The van der Waals surface area contributed by atoms with E-state index in [4.69, 9.17) is 20.8 Å². The summed E-state index contributed by atoms with van der Waals surface area (Å²) in [5.41, 5.74) is 2.40. The van der Waals surface area contributed by atoms with E-state index in [0.717, 1.165) is 17.0 Å². The standard InChI is InChI=1S/C15H12ClN3O2/c1-10-7-19-13(8-18-10)12-3-2-11(16)6-14(12)21-9-15-17-4-5-20-15/h2-8H,9H2,1H3. The Morgan fingerprint density at radius 1 is 1.19 bits per heavy atom. The van der Waals surface area contributed by atoms with Gasteiger partial charge in [0, 0.05) is 16.8 Å². The van der Waals surface area contributed by atoms with E-state index in [9.17, 15) is 0 Å². The molecule has 0 saturated carbocycles. The van der Waals surface area contributed by atoms with Gasteiger partial charge in [0.25, 0.3) is 0 Å². The van der Waals surface area contributed by atoms with Gasteiger partial charge in [0.15, 0.2) is 6.61 Å². The van der Waals surface area contributed by atoms with Gasteiger partial charge in [-0.05, 0) is 25.1 Å². The third-order valence-electron chi connectivity index (χ3n) is 2.84. The van der Waals surface area contributed by atoms with Crippen LogP contribution in [-0.4, -0.2) is 15.0 Å². The van der Waals surface area contributed by atoms with Crippen LogP contribution in [0.5, 0.6) is 5.75 Å². The summed E-state index contributed by atoms with van der Waals surface area (Å²) in [4.78, 5) is 12.6. The highest BCUT2D eigenvalue weighted by molar-refractivity contribution is 6.30. The van der Waals surface area contributed by atoms with Crippen molar-refractivity contribution < 1.29 is 9.15 Å². The molecule has 2 aromatic heterocycles. The third-order valence-corrected chi connectivity index (χ3v) is 3.07. The fraction of sp³-hybridized carbons (Fsp3) is 0.133. The smallest absolute Gasteiger partial charge is 0.232 e. The van der Waals surface area contributed by atoms with E-state index >= 15 is 0 Å². The molecular formula is C15H12ClN3O2. The summed E-state index contributed by atoms with van der Waals surface area (Å²) in [6.45, 7) is 2.11. The van der Waals surface area contributed by atoms with Crippen molar-refractivity contribution in [1.29, 1.82) is 0 Å². The normalized spacial score (nSPS) is 10.6. The Kier molecular flexibility index (Phi) is 3.83. The lowest BCUT2D eigenvalue weighted by atomic mass is 10.1. The fourth-order valence-electron chi connectivity index (χ4n) is 1.82. The number of rotatable bonds is 4. The molecule has 0 radical (unpaired) electrons. The van der Waals surface area contributed by atoms with E-state index in [1.807, 2.05) is 13.0 Å². The topological polar surface area (TPSA) is 61.0 Å². The number of ether oxygens (including phenoxy) is 1. The minimum Gasteiger partial charge on any atom is -0.483 e. The van der Waals surface area contributed by atoms with Crippen molar-refractivity contribution in [3.05, 3.63) is 59.7 Å². The first-order valence-corrected chi connectivity index (χ1v) is 6.70. The molecule has 0 aliphatic heterocycles. The molecule has 0 bridgehead atoms. The number of hydrogen-bond acceptors (Lipinski definition) is 5. The maximum atomic E-state index is 6.04. The Morgan fingerprint density at radius 3 is 2.81 bits per heavy atom. The van der Waals surface area contributed by atoms with Crippen molar-refractivity contribution in [2.45, 2.75) is 13.5 Å². The molecule has 21 heavy (non-hydrogen) atoms. The number of halogens is 1. The van der Waals surface area contributed by atoms with Crippen LogP contribution in [0.2, 0.25) is 5.02 Å². The summed E-state index contributed by atoms with van der Waals surface area (Å²) in [6, 6.07) is 5.38. The van der Waals surface area contributed by atoms with Crippen molar-refractivity contribution in [1.82, 2.24) is 15.0 Å². The van der Waals surface area contributed by atoms with Crippen molar-refractivity contribution in [3.63, 3.8) is 0 Å². The summed E-state index contributed by atoms with van der Waals surface area (Å²) in [6.07, 6.45) is 6.49. The Bertz CT molecular complexity index is 727. The lowest BCUT2D eigenvalue weighted by molar-refractivity contribution is 0.264. The Labute approximate surface area is 126 Å². The summed E-state index contributed by atoms with van der Waals surface area (Å²) >= 11 is 6.04. The summed E-state index contributed by atoms with van der Waals surface area (Å²) in [5, 5.41) is 0.584. The zero-order valence-corrected chi connectivity index (χ0v) is 12.0. The molecule has 0 fully saturated rings. The second kappa shape index (κ2) is 5.93. The van der Waals surface area contributed by atoms with Gasteiger partial charge in [-0.3, -0.25) is 9.97 Å². The predicted molar refractivity (Wildman–Crippen MR) is 78.1 cm³/mol. The molecule has 106 valence electrons. The Hall–Kier alpha value is -2.40. The second-order valence-electron chi connectivity index (χ2n) is 4.40. The molecule has 0 saturated heterocycles. The van der Waals surface area contributed by atoms with Crippen LogP contribution >= 0.6 is 11.6 Å². The number of benzene rings is 1. The van der Waals surface area contributed by atoms with Gasteiger partial charge in [-0.25, -0.2) is 4.98 Å². The minimum atomic E-state index is 0.222. The molecule has 1 aromatic carbocycles. The molecule has 3 rings (SSSR count). The quantitative estimate of drug-likeness (QED) is 0.735. The molecule has 0 spiro atoms. The van der Waals surface area contributed by atoms with Crippen LogP contribution in [0.15, 0.2) is 47.5 Å². The zero-order valence-electron chi connectivity index (χ0n) is 11.3. The molecular weight excluding hydrogens is 290 g/mol. The highest BCUT2D eigenvalue weighted by atomic mass is 35.5. The van der Waals surface area contributed by atoms with Crippen LogP contribution in [0.4, 0.5) is 0 Å². The maximum Gasteiger partial charge on any atom is 0.232 e. The molecule has 0 amide bonds. The molecule has 0 N–H and O–H groups in total. The van der Waals surface area contributed by atoms with Gasteiger partial charge in [-0.1, -0.05) is 11.6 Å². The zero-order chi connectivity index (χ0) is 14.7. The molecule has 0 aliphatic rings. The lowest BCUT2D eigenvalue weighted by Crippen LogP contribution is -1.98. The van der Waals surface area contributed by atoms with Gasteiger partial charge in [0.1, 0.15) is 12.0 Å². The van der Waals surface area contributed by atoms with Gasteiger partial charge >= 0.3 is 0 Å². The van der Waals surface area contributed by atoms with Crippen molar-refractivity contribution >= 4 is 11.6 Å². The summed E-state index contributed by atoms with van der Waals surface area (Å²) in [7, 11) is 0. The van der Waals surface area contributed by atoms with E-state index < -0.39 is 0 Å². The average molecular weight is 302 g/mol. The van der Waals surface area contributed by atoms with Crippen LogP contribution in [0.25, 0.3) is 11.3 Å². The van der Waals surface area contributed by atoms with Gasteiger partial charge in [0.2, 0.25) is 5.89 Å². The number of nitrogens with zero attached hydrogens (tertiary/aromatic N) is 3. The highest BCUT2D eigenvalue weighted by Crippen LogP contribution is 2.31. The van der Waals surface area contributed by atoms with E-state index in [1.54, 1.807) is 30.7 Å². The largest absolute Gasteiger partial charge is 0.483 e. The molecule has 0 unspecified atom stereocenters. The lowest BCUT2D eigenvalue weighted by Gasteiger charge is -2.10. The second-order valence-corrected chi connectivity index (χ2v) is 4.83. The molecule has 0 atom stereocenters. The van der Waals surface area contributed by atoms with Gasteiger partial charge in [-0.15, -0.1) is 0 Å². The van der Waals surface area contributed by atoms with E-state index in [2.05, 4.69) is 15.0 Å². The number of oxazole rings is 1. The maximum absolute atomic E-state index is 6.04. The van der Waals surface area contributed by atoms with Crippen molar-refractivity contribution in [2.75, 3.05) is 0 Å². The van der Waals surface area contributed by atoms with Crippen LogP contribution in [-0.2, 0) is 6.61 Å². The molecule has 5 nitrogen and oxygen atoms in total. The third kappa shape index (κ3) is 3.20. The highest BCUT2D eigenvalue weighted by Gasteiger charge is 2.10. The van der Waals surface area contributed by atoms with Crippen LogP contribution in [0.1, 0.15) is 11.6 Å². The molecule has 2 heterocycles. The van der Waals surface area contributed by atoms with Crippen LogP contribution < -0.4 is 4.74 Å². The van der Waals surface area contributed by atoms with E-state index in [0.29, 0.717) is 16.7 Å². The molecule has 6 heteroatoms. The first-order chi connectivity index (χ1) is 10.2. The number of hydrogen-bond donors (Lipinski definition) is 0. The molecule has 0 aliphatic carbocycles. The van der Waals surface area contributed by atoms with Crippen molar-refractivity contribution in [3.8, 4) is 17.0 Å². The first-order valence-electron chi connectivity index (χ1n) is 6.32.